The van der Waals surface area contributed by atoms with Crippen LogP contribution in [0.25, 0.3) is 0 Å². The zero-order valence-corrected chi connectivity index (χ0v) is 17.7. The summed E-state index contributed by atoms with van der Waals surface area (Å²) in [6, 6.07) is 14.8. The Balaban J connectivity index is 1.46. The Labute approximate surface area is 177 Å². The van der Waals surface area contributed by atoms with Crippen LogP contribution >= 0.6 is 11.6 Å². The molecule has 0 aliphatic carbocycles. The summed E-state index contributed by atoms with van der Waals surface area (Å²) in [6.07, 6.45) is 1.55. The second-order valence-corrected chi connectivity index (χ2v) is 7.96. The molecule has 6 heteroatoms. The molecule has 0 radical (unpaired) electrons. The third-order valence-corrected chi connectivity index (χ3v) is 5.70. The van der Waals surface area contributed by atoms with Crippen molar-refractivity contribution in [1.29, 1.82) is 0 Å². The summed E-state index contributed by atoms with van der Waals surface area (Å²) in [5, 5.41) is 0.633. The molecule has 5 nitrogen and oxygen atoms in total. The van der Waals surface area contributed by atoms with Crippen LogP contribution in [0, 0.1) is 5.92 Å². The standard InChI is InChI=1S/C23H27ClN2O3/c1-25(15-17-3-9-21(29-2)10-4-17)22(27)16-26-13-11-19(12-14-26)23(28)18-5-7-20(24)8-6-18/h3-10,19H,11-16H2,1-2H3. The van der Waals surface area contributed by atoms with E-state index in [1.54, 1.807) is 36.3 Å². The molecule has 0 spiro atoms. The van der Waals surface area contributed by atoms with Crippen molar-refractivity contribution < 1.29 is 14.3 Å². The zero-order chi connectivity index (χ0) is 20.8. The van der Waals surface area contributed by atoms with E-state index in [9.17, 15) is 9.59 Å². The second-order valence-electron chi connectivity index (χ2n) is 7.52. The van der Waals surface area contributed by atoms with E-state index in [1.807, 2.05) is 31.3 Å². The van der Waals surface area contributed by atoms with Crippen LogP contribution in [0.1, 0.15) is 28.8 Å². The van der Waals surface area contributed by atoms with E-state index in [2.05, 4.69) is 4.90 Å². The molecule has 0 saturated carbocycles. The summed E-state index contributed by atoms with van der Waals surface area (Å²) in [5.41, 5.74) is 1.78. The van der Waals surface area contributed by atoms with Crippen molar-refractivity contribution in [3.8, 4) is 5.75 Å². The van der Waals surface area contributed by atoms with E-state index in [4.69, 9.17) is 16.3 Å². The van der Waals surface area contributed by atoms with Crippen LogP contribution in [-0.4, -0.2) is 55.3 Å². The number of rotatable bonds is 7. The van der Waals surface area contributed by atoms with Gasteiger partial charge in [-0.05, 0) is 67.9 Å². The molecule has 1 amide bonds. The zero-order valence-electron chi connectivity index (χ0n) is 16.9. The highest BCUT2D eigenvalue weighted by Gasteiger charge is 2.27. The molecule has 0 unspecified atom stereocenters. The molecule has 2 aromatic carbocycles. The average Bonchev–Trinajstić information content (AvgIpc) is 2.75. The van der Waals surface area contributed by atoms with Crippen molar-refractivity contribution in [2.24, 2.45) is 5.92 Å². The van der Waals surface area contributed by atoms with Gasteiger partial charge < -0.3 is 9.64 Å². The first-order chi connectivity index (χ1) is 14.0. The Morgan fingerprint density at radius 3 is 2.28 bits per heavy atom. The van der Waals surface area contributed by atoms with Gasteiger partial charge in [-0.3, -0.25) is 14.5 Å². The summed E-state index contributed by atoms with van der Waals surface area (Å²) in [7, 11) is 3.46. The van der Waals surface area contributed by atoms with Crippen LogP contribution in [0.5, 0.6) is 5.75 Å². The molecule has 3 rings (SSSR count). The molecule has 1 saturated heterocycles. The van der Waals surface area contributed by atoms with Crippen LogP contribution in [0.4, 0.5) is 0 Å². The maximum atomic E-state index is 12.7. The SMILES string of the molecule is COc1ccc(CN(C)C(=O)CN2CCC(C(=O)c3ccc(Cl)cc3)CC2)cc1. The number of amides is 1. The van der Waals surface area contributed by atoms with Gasteiger partial charge in [0, 0.05) is 30.1 Å². The molecule has 0 aromatic heterocycles. The minimum Gasteiger partial charge on any atom is -0.497 e. The molecule has 1 fully saturated rings. The Kier molecular flexibility index (Phi) is 7.29. The van der Waals surface area contributed by atoms with Gasteiger partial charge in [0.2, 0.25) is 5.91 Å². The molecule has 2 aromatic rings. The summed E-state index contributed by atoms with van der Waals surface area (Å²) in [4.78, 5) is 29.1. The quantitative estimate of drug-likeness (QED) is 0.645. The number of ether oxygens (including phenoxy) is 1. The number of ketones is 1. The third kappa shape index (κ3) is 5.81. The monoisotopic (exact) mass is 414 g/mol. The van der Waals surface area contributed by atoms with Crippen LogP contribution in [0.2, 0.25) is 5.02 Å². The maximum absolute atomic E-state index is 12.7. The molecule has 1 aliphatic rings. The van der Waals surface area contributed by atoms with Crippen molar-refractivity contribution >= 4 is 23.3 Å². The van der Waals surface area contributed by atoms with Crippen LogP contribution in [0.15, 0.2) is 48.5 Å². The van der Waals surface area contributed by atoms with Crippen LogP contribution in [-0.2, 0) is 11.3 Å². The molecule has 154 valence electrons. The highest BCUT2D eigenvalue weighted by atomic mass is 35.5. The van der Waals surface area contributed by atoms with Crippen LogP contribution in [0.3, 0.4) is 0 Å². The fraction of sp³-hybridized carbons (Fsp3) is 0.391. The summed E-state index contributed by atoms with van der Waals surface area (Å²) in [5.74, 6) is 1.07. The summed E-state index contributed by atoms with van der Waals surface area (Å²) >= 11 is 5.90. The van der Waals surface area contributed by atoms with Gasteiger partial charge in [-0.15, -0.1) is 0 Å². The maximum Gasteiger partial charge on any atom is 0.236 e. The molecule has 0 atom stereocenters. The fourth-order valence-electron chi connectivity index (χ4n) is 3.61. The lowest BCUT2D eigenvalue weighted by molar-refractivity contribution is -0.131. The highest BCUT2D eigenvalue weighted by Crippen LogP contribution is 2.23. The molecule has 0 N–H and O–H groups in total. The fourth-order valence-corrected chi connectivity index (χ4v) is 3.73. The number of carbonyl (C=O) groups excluding carboxylic acids is 2. The van der Waals surface area contributed by atoms with Crippen molar-refractivity contribution in [2.45, 2.75) is 19.4 Å². The van der Waals surface area contributed by atoms with Crippen molar-refractivity contribution in [3.63, 3.8) is 0 Å². The normalized spacial score (nSPS) is 15.1. The Morgan fingerprint density at radius 1 is 1.07 bits per heavy atom. The predicted octanol–water partition coefficient (Wildman–Crippen LogP) is 3.90. The molecular weight excluding hydrogens is 388 g/mol. The second kappa shape index (κ2) is 9.90. The highest BCUT2D eigenvalue weighted by molar-refractivity contribution is 6.30. The van der Waals surface area contributed by atoms with E-state index in [1.165, 1.54) is 0 Å². The Bertz CT molecular complexity index is 828. The lowest BCUT2D eigenvalue weighted by Crippen LogP contribution is -2.43. The topological polar surface area (TPSA) is 49.9 Å². The number of nitrogens with zero attached hydrogens (tertiary/aromatic N) is 2. The first-order valence-electron chi connectivity index (χ1n) is 9.85. The van der Waals surface area contributed by atoms with Crippen LogP contribution < -0.4 is 4.74 Å². The number of piperidine rings is 1. The first kappa shape index (κ1) is 21.3. The predicted molar refractivity (Wildman–Crippen MR) is 114 cm³/mol. The number of halogens is 1. The van der Waals surface area contributed by atoms with Crippen molar-refractivity contribution in [2.75, 3.05) is 33.8 Å². The molecular formula is C23H27ClN2O3. The molecule has 0 bridgehead atoms. The summed E-state index contributed by atoms with van der Waals surface area (Å²) in [6.45, 7) is 2.46. The van der Waals surface area contributed by atoms with Gasteiger partial charge in [0.25, 0.3) is 0 Å². The van der Waals surface area contributed by atoms with Gasteiger partial charge in [-0.2, -0.15) is 0 Å². The number of Topliss-reactive ketones (excluding diaryl/α,β-unsaturated/α-hetero) is 1. The number of likely N-dealkylation sites (N-methyl/N-ethyl adjacent to an activating group) is 1. The number of hydrogen-bond donors (Lipinski definition) is 0. The van der Waals surface area contributed by atoms with Crippen molar-refractivity contribution in [3.05, 3.63) is 64.7 Å². The number of carbonyl (C=O) groups is 2. The number of hydrogen-bond acceptors (Lipinski definition) is 4. The smallest absolute Gasteiger partial charge is 0.236 e. The lowest BCUT2D eigenvalue weighted by Gasteiger charge is -2.32. The van der Waals surface area contributed by atoms with Gasteiger partial charge in [0.15, 0.2) is 5.78 Å². The van der Waals surface area contributed by atoms with Gasteiger partial charge in [-0.1, -0.05) is 23.7 Å². The minimum absolute atomic E-state index is 0.0135. The van der Waals surface area contributed by atoms with E-state index >= 15 is 0 Å². The van der Waals surface area contributed by atoms with Gasteiger partial charge in [0.1, 0.15) is 5.75 Å². The number of methoxy groups -OCH3 is 1. The van der Waals surface area contributed by atoms with Gasteiger partial charge in [0.05, 0.1) is 13.7 Å². The Hall–Kier alpha value is -2.37. The van der Waals surface area contributed by atoms with Crippen molar-refractivity contribution in [1.82, 2.24) is 9.80 Å². The average molecular weight is 415 g/mol. The number of likely N-dealkylation sites (tertiary alicyclic amines) is 1. The van der Waals surface area contributed by atoms with Gasteiger partial charge in [-0.25, -0.2) is 0 Å². The molecule has 1 heterocycles. The third-order valence-electron chi connectivity index (χ3n) is 5.45. The minimum atomic E-state index is 0.0135. The van der Waals surface area contributed by atoms with E-state index in [0.29, 0.717) is 23.7 Å². The molecule has 1 aliphatic heterocycles. The number of benzene rings is 2. The Morgan fingerprint density at radius 2 is 1.69 bits per heavy atom. The summed E-state index contributed by atoms with van der Waals surface area (Å²) < 4.78 is 5.16. The van der Waals surface area contributed by atoms with E-state index in [-0.39, 0.29) is 17.6 Å². The largest absolute Gasteiger partial charge is 0.497 e. The van der Waals surface area contributed by atoms with E-state index < -0.39 is 0 Å². The van der Waals surface area contributed by atoms with E-state index in [0.717, 1.165) is 37.2 Å². The van der Waals surface area contributed by atoms with Gasteiger partial charge >= 0.3 is 0 Å². The molecule has 29 heavy (non-hydrogen) atoms. The lowest BCUT2D eigenvalue weighted by atomic mass is 9.89. The first-order valence-corrected chi connectivity index (χ1v) is 10.2.